The summed E-state index contributed by atoms with van der Waals surface area (Å²) in [6, 6.07) is 11.6. The molecule has 1 aromatic carbocycles. The number of hydrogen-bond donors (Lipinski definition) is 0. The Labute approximate surface area is 135 Å². The predicted molar refractivity (Wildman–Crippen MR) is 91.0 cm³/mol. The van der Waals surface area contributed by atoms with Crippen LogP contribution in [0.15, 0.2) is 30.3 Å². The van der Waals surface area contributed by atoms with Crippen molar-refractivity contribution in [3.05, 3.63) is 35.2 Å². The minimum absolute atomic E-state index is 0.321. The van der Waals surface area contributed by atoms with E-state index in [0.717, 1.165) is 32.6 Å². The van der Waals surface area contributed by atoms with E-state index in [1.165, 1.54) is 15.0 Å². The summed E-state index contributed by atoms with van der Waals surface area (Å²) in [6.07, 6.45) is 1.78. The van der Waals surface area contributed by atoms with Gasteiger partial charge in [0.15, 0.2) is 0 Å². The van der Waals surface area contributed by atoms with Crippen LogP contribution in [0.25, 0.3) is 10.1 Å². The second-order valence-electron chi connectivity index (χ2n) is 6.49. The van der Waals surface area contributed by atoms with Crippen LogP contribution < -0.4 is 0 Å². The largest absolute Gasteiger partial charge is 0.342 e. The van der Waals surface area contributed by atoms with E-state index in [0.29, 0.717) is 24.3 Å². The van der Waals surface area contributed by atoms with Gasteiger partial charge in [-0.25, -0.2) is 0 Å². The molecule has 2 saturated heterocycles. The molecule has 0 bridgehead atoms. The molecule has 0 aliphatic carbocycles. The second kappa shape index (κ2) is 5.67. The van der Waals surface area contributed by atoms with Crippen LogP contribution in [0, 0.1) is 5.92 Å². The molecule has 1 aromatic heterocycles. The Morgan fingerprint density at radius 1 is 1.32 bits per heavy atom. The minimum Gasteiger partial charge on any atom is -0.342 e. The summed E-state index contributed by atoms with van der Waals surface area (Å²) >= 11 is 1.92. The van der Waals surface area contributed by atoms with Crippen molar-refractivity contribution >= 4 is 27.3 Å². The Kier molecular flexibility index (Phi) is 3.66. The summed E-state index contributed by atoms with van der Waals surface area (Å²) in [5.41, 5.74) is 0. The Bertz CT molecular complexity index is 662. The highest BCUT2D eigenvalue weighted by molar-refractivity contribution is 7.19. The normalized spacial score (nSPS) is 25.0. The number of benzene rings is 1. The van der Waals surface area contributed by atoms with E-state index in [1.54, 1.807) is 0 Å². The van der Waals surface area contributed by atoms with E-state index in [4.69, 9.17) is 0 Å². The number of fused-ring (bicyclic) bond motifs is 2. The SMILES string of the molecule is CCC(=O)N1CC[C@H]2[C@@H](C1)CN2Cc1cc2ccccc2s1. The number of piperidine rings is 1. The van der Waals surface area contributed by atoms with Crippen LogP contribution >= 0.6 is 11.3 Å². The first-order valence-electron chi connectivity index (χ1n) is 8.24. The van der Waals surface area contributed by atoms with Gasteiger partial charge in [0.05, 0.1) is 0 Å². The smallest absolute Gasteiger partial charge is 0.222 e. The molecule has 2 aromatic rings. The maximum absolute atomic E-state index is 11.8. The molecule has 2 aliphatic heterocycles. The number of hydrogen-bond acceptors (Lipinski definition) is 3. The highest BCUT2D eigenvalue weighted by atomic mass is 32.1. The number of thiophene rings is 1. The van der Waals surface area contributed by atoms with E-state index in [1.807, 2.05) is 18.3 Å². The number of likely N-dealkylation sites (tertiary alicyclic amines) is 2. The topological polar surface area (TPSA) is 23.6 Å². The Morgan fingerprint density at radius 2 is 2.18 bits per heavy atom. The van der Waals surface area contributed by atoms with Crippen molar-refractivity contribution in [2.24, 2.45) is 5.92 Å². The van der Waals surface area contributed by atoms with Gasteiger partial charge in [0.1, 0.15) is 0 Å². The average molecular weight is 314 g/mol. The quantitative estimate of drug-likeness (QED) is 0.867. The first-order valence-corrected chi connectivity index (χ1v) is 9.05. The van der Waals surface area contributed by atoms with Gasteiger partial charge in [-0.15, -0.1) is 11.3 Å². The van der Waals surface area contributed by atoms with E-state index in [9.17, 15) is 4.79 Å². The van der Waals surface area contributed by atoms with Crippen molar-refractivity contribution in [1.82, 2.24) is 9.80 Å². The molecular formula is C18H22N2OS. The van der Waals surface area contributed by atoms with Crippen LogP contribution in [0.1, 0.15) is 24.6 Å². The zero-order valence-corrected chi connectivity index (χ0v) is 13.8. The monoisotopic (exact) mass is 314 g/mol. The van der Waals surface area contributed by atoms with Gasteiger partial charge in [-0.3, -0.25) is 9.69 Å². The fraction of sp³-hybridized carbons (Fsp3) is 0.500. The standard InChI is InChI=1S/C18H22N2OS/c1-2-18(21)19-8-7-16-14(10-19)11-20(16)12-15-9-13-5-3-4-6-17(13)22-15/h3-6,9,14,16H,2,7-8,10-12H2,1H3/t14-,16-/m0/s1. The molecule has 3 nitrogen and oxygen atoms in total. The van der Waals surface area contributed by atoms with Gasteiger partial charge in [0.2, 0.25) is 5.91 Å². The van der Waals surface area contributed by atoms with Crippen LogP contribution in [0.3, 0.4) is 0 Å². The number of amides is 1. The van der Waals surface area contributed by atoms with Crippen LogP contribution in [0.2, 0.25) is 0 Å². The fourth-order valence-corrected chi connectivity index (χ4v) is 5.02. The lowest BCUT2D eigenvalue weighted by Crippen LogP contribution is -2.63. The molecule has 2 atom stereocenters. The van der Waals surface area contributed by atoms with Crippen molar-refractivity contribution in [2.75, 3.05) is 19.6 Å². The summed E-state index contributed by atoms with van der Waals surface area (Å²) in [4.78, 5) is 18.0. The number of carbonyl (C=O) groups excluding carboxylic acids is 1. The Balaban J connectivity index is 1.39. The van der Waals surface area contributed by atoms with E-state index >= 15 is 0 Å². The molecule has 2 aliphatic rings. The lowest BCUT2D eigenvalue weighted by Gasteiger charge is -2.53. The molecule has 116 valence electrons. The second-order valence-corrected chi connectivity index (χ2v) is 7.66. The van der Waals surface area contributed by atoms with Crippen LogP contribution in [0.5, 0.6) is 0 Å². The van der Waals surface area contributed by atoms with E-state index < -0.39 is 0 Å². The van der Waals surface area contributed by atoms with Gasteiger partial charge in [-0.2, -0.15) is 0 Å². The van der Waals surface area contributed by atoms with Gasteiger partial charge in [-0.1, -0.05) is 25.1 Å². The van der Waals surface area contributed by atoms with Crippen LogP contribution in [-0.2, 0) is 11.3 Å². The zero-order chi connectivity index (χ0) is 15.1. The Morgan fingerprint density at radius 3 is 2.95 bits per heavy atom. The summed E-state index contributed by atoms with van der Waals surface area (Å²) in [7, 11) is 0. The molecule has 0 unspecified atom stereocenters. The third-order valence-corrected chi connectivity index (χ3v) is 6.22. The molecule has 4 rings (SSSR count). The molecule has 1 amide bonds. The summed E-state index contributed by atoms with van der Waals surface area (Å²) in [5.74, 6) is 1.01. The molecule has 3 heterocycles. The molecule has 22 heavy (non-hydrogen) atoms. The molecule has 0 radical (unpaired) electrons. The lowest BCUT2D eigenvalue weighted by atomic mass is 9.82. The minimum atomic E-state index is 0.321. The van der Waals surface area contributed by atoms with E-state index in [-0.39, 0.29) is 0 Å². The molecule has 0 saturated carbocycles. The third-order valence-electron chi connectivity index (χ3n) is 5.12. The maximum Gasteiger partial charge on any atom is 0.222 e. The lowest BCUT2D eigenvalue weighted by molar-refractivity contribution is -0.138. The van der Waals surface area contributed by atoms with Gasteiger partial charge in [0, 0.05) is 54.1 Å². The highest BCUT2D eigenvalue weighted by Crippen LogP contribution is 2.35. The molecule has 2 fully saturated rings. The molecule has 0 spiro atoms. The van der Waals surface area contributed by atoms with Crippen molar-refractivity contribution in [3.8, 4) is 0 Å². The van der Waals surface area contributed by atoms with Crippen molar-refractivity contribution in [1.29, 1.82) is 0 Å². The van der Waals surface area contributed by atoms with Crippen molar-refractivity contribution in [3.63, 3.8) is 0 Å². The zero-order valence-electron chi connectivity index (χ0n) is 13.0. The van der Waals surface area contributed by atoms with Crippen molar-refractivity contribution in [2.45, 2.75) is 32.4 Å². The predicted octanol–water partition coefficient (Wildman–Crippen LogP) is 3.34. The number of nitrogens with zero attached hydrogens (tertiary/aromatic N) is 2. The first-order chi connectivity index (χ1) is 10.7. The van der Waals surface area contributed by atoms with Crippen molar-refractivity contribution < 1.29 is 4.79 Å². The average Bonchev–Trinajstić information content (AvgIpc) is 2.94. The Hall–Kier alpha value is -1.39. The number of rotatable bonds is 3. The van der Waals surface area contributed by atoms with Gasteiger partial charge >= 0.3 is 0 Å². The summed E-state index contributed by atoms with van der Waals surface area (Å²) in [5, 5.41) is 1.36. The third kappa shape index (κ3) is 2.44. The van der Waals surface area contributed by atoms with Crippen LogP contribution in [-0.4, -0.2) is 41.4 Å². The fourth-order valence-electron chi connectivity index (χ4n) is 3.93. The van der Waals surface area contributed by atoms with Gasteiger partial charge in [-0.05, 0) is 23.9 Å². The summed E-state index contributed by atoms with van der Waals surface area (Å²) in [6.45, 7) is 6.09. The van der Waals surface area contributed by atoms with Gasteiger partial charge in [0.25, 0.3) is 0 Å². The molecular weight excluding hydrogens is 292 g/mol. The van der Waals surface area contributed by atoms with Crippen LogP contribution in [0.4, 0.5) is 0 Å². The van der Waals surface area contributed by atoms with Gasteiger partial charge < -0.3 is 4.90 Å². The molecule has 4 heteroatoms. The van der Waals surface area contributed by atoms with E-state index in [2.05, 4.69) is 40.1 Å². The first kappa shape index (κ1) is 14.2. The summed E-state index contributed by atoms with van der Waals surface area (Å²) < 4.78 is 1.39. The number of carbonyl (C=O) groups is 1. The molecule has 0 N–H and O–H groups in total. The maximum atomic E-state index is 11.8. The highest BCUT2D eigenvalue weighted by Gasteiger charge is 2.43.